The Bertz CT molecular complexity index is 970. The second-order valence-corrected chi connectivity index (χ2v) is 5.74. The summed E-state index contributed by atoms with van der Waals surface area (Å²) in [6.07, 6.45) is 6.71. The van der Waals surface area contributed by atoms with E-state index in [9.17, 15) is 0 Å². The fourth-order valence-electron chi connectivity index (χ4n) is 2.79. The van der Waals surface area contributed by atoms with E-state index in [1.165, 1.54) is 11.1 Å². The maximum atomic E-state index is 4.42. The van der Waals surface area contributed by atoms with Gasteiger partial charge in [-0.25, -0.2) is 0 Å². The van der Waals surface area contributed by atoms with Crippen molar-refractivity contribution in [1.29, 1.82) is 0 Å². The Morgan fingerprint density at radius 3 is 2.54 bits per heavy atom. The second kappa shape index (κ2) is 6.50. The van der Waals surface area contributed by atoms with Gasteiger partial charge in [0.1, 0.15) is 0 Å². The van der Waals surface area contributed by atoms with Gasteiger partial charge < -0.3 is 0 Å². The minimum absolute atomic E-state index is 0.922. The summed E-state index contributed by atoms with van der Waals surface area (Å²) in [6.45, 7) is 0. The van der Waals surface area contributed by atoms with Crippen LogP contribution in [0.25, 0.3) is 23.1 Å². The Morgan fingerprint density at radius 1 is 0.833 bits per heavy atom. The van der Waals surface area contributed by atoms with Crippen LogP contribution in [0.2, 0.25) is 0 Å². The van der Waals surface area contributed by atoms with Gasteiger partial charge in [-0.15, -0.1) is 0 Å². The molecule has 0 aliphatic carbocycles. The maximum Gasteiger partial charge on any atom is 0.0928 e. The lowest BCUT2D eigenvalue weighted by molar-refractivity contribution is 1.11. The smallest absolute Gasteiger partial charge is 0.0928 e. The molecule has 0 aliphatic heterocycles. The predicted molar refractivity (Wildman–Crippen MR) is 98.5 cm³/mol. The van der Waals surface area contributed by atoms with Gasteiger partial charge in [-0.3, -0.25) is 10.1 Å². The molecule has 0 radical (unpaired) electrons. The van der Waals surface area contributed by atoms with Crippen molar-refractivity contribution in [3.63, 3.8) is 0 Å². The highest BCUT2D eigenvalue weighted by molar-refractivity contribution is 5.89. The number of hydrogen-bond donors (Lipinski definition) is 1. The Labute approximate surface area is 140 Å². The Kier molecular flexibility index (Phi) is 3.90. The van der Waals surface area contributed by atoms with E-state index in [0.717, 1.165) is 28.7 Å². The zero-order valence-electron chi connectivity index (χ0n) is 13.2. The van der Waals surface area contributed by atoms with Crippen molar-refractivity contribution in [1.82, 2.24) is 15.2 Å². The van der Waals surface area contributed by atoms with Crippen LogP contribution in [0.5, 0.6) is 0 Å². The zero-order chi connectivity index (χ0) is 16.2. The van der Waals surface area contributed by atoms with Gasteiger partial charge in [0.25, 0.3) is 0 Å². The largest absolute Gasteiger partial charge is 0.277 e. The number of aromatic nitrogens is 3. The first-order valence-electron chi connectivity index (χ1n) is 7.98. The number of H-pyrrole nitrogens is 1. The number of hydrogen-bond acceptors (Lipinski definition) is 2. The number of benzene rings is 2. The average molecular weight is 311 g/mol. The lowest BCUT2D eigenvalue weighted by Crippen LogP contribution is -1.87. The van der Waals surface area contributed by atoms with Crippen molar-refractivity contribution in [3.8, 4) is 0 Å². The quantitative estimate of drug-likeness (QED) is 0.592. The minimum atomic E-state index is 0.922. The lowest BCUT2D eigenvalue weighted by Gasteiger charge is -2.02. The Morgan fingerprint density at radius 2 is 1.71 bits per heavy atom. The van der Waals surface area contributed by atoms with Crippen molar-refractivity contribution in [2.45, 2.75) is 6.42 Å². The van der Waals surface area contributed by atoms with Gasteiger partial charge in [-0.2, -0.15) is 5.10 Å². The minimum Gasteiger partial charge on any atom is -0.277 e. The van der Waals surface area contributed by atoms with Crippen molar-refractivity contribution < 1.29 is 0 Å². The van der Waals surface area contributed by atoms with Crippen LogP contribution in [0, 0.1) is 0 Å². The van der Waals surface area contributed by atoms with Crippen molar-refractivity contribution in [2.24, 2.45) is 0 Å². The van der Waals surface area contributed by atoms with E-state index in [1.807, 2.05) is 36.4 Å². The number of pyridine rings is 1. The van der Waals surface area contributed by atoms with Gasteiger partial charge in [0.05, 0.1) is 16.9 Å². The number of rotatable bonds is 4. The summed E-state index contributed by atoms with van der Waals surface area (Å²) >= 11 is 0. The number of fused-ring (bicyclic) bond motifs is 1. The molecule has 0 saturated heterocycles. The Hall–Kier alpha value is -3.20. The van der Waals surface area contributed by atoms with E-state index in [-0.39, 0.29) is 0 Å². The average Bonchev–Trinajstić information content (AvgIpc) is 3.04. The third-order valence-electron chi connectivity index (χ3n) is 4.01. The molecule has 2 aromatic heterocycles. The highest BCUT2D eigenvalue weighted by Gasteiger charge is 2.05. The standard InChI is InChI=1S/C21H17N3/c1-2-6-16(7-3-1)14-17-9-11-20-19(15-17)21(24-23-20)12-10-18-8-4-5-13-22-18/h1-13,15H,14H2,(H,23,24). The highest BCUT2D eigenvalue weighted by atomic mass is 15.1. The van der Waals surface area contributed by atoms with Gasteiger partial charge in [0, 0.05) is 11.6 Å². The third kappa shape index (κ3) is 3.10. The number of nitrogens with one attached hydrogen (secondary N) is 1. The van der Waals surface area contributed by atoms with Crippen LogP contribution in [-0.2, 0) is 6.42 Å². The molecule has 0 atom stereocenters. The molecule has 2 heterocycles. The number of aromatic amines is 1. The molecule has 0 amide bonds. The molecule has 0 fully saturated rings. The topological polar surface area (TPSA) is 41.6 Å². The van der Waals surface area contributed by atoms with Gasteiger partial charge in [-0.05, 0) is 54.0 Å². The molecule has 0 unspecified atom stereocenters. The third-order valence-corrected chi connectivity index (χ3v) is 4.01. The van der Waals surface area contributed by atoms with Gasteiger partial charge in [-0.1, -0.05) is 42.5 Å². The molecule has 0 aliphatic rings. The molecule has 4 rings (SSSR count). The van der Waals surface area contributed by atoms with E-state index in [4.69, 9.17) is 0 Å². The summed E-state index contributed by atoms with van der Waals surface area (Å²) in [4.78, 5) is 4.31. The first kappa shape index (κ1) is 14.4. The van der Waals surface area contributed by atoms with E-state index in [0.29, 0.717) is 0 Å². The van der Waals surface area contributed by atoms with E-state index in [1.54, 1.807) is 6.20 Å². The molecule has 4 aromatic rings. The zero-order valence-corrected chi connectivity index (χ0v) is 13.2. The summed E-state index contributed by atoms with van der Waals surface area (Å²) in [5, 5.41) is 8.65. The molecule has 0 bridgehead atoms. The van der Waals surface area contributed by atoms with Gasteiger partial charge in [0.15, 0.2) is 0 Å². The molecule has 1 N–H and O–H groups in total. The lowest BCUT2D eigenvalue weighted by atomic mass is 10.0. The molecule has 24 heavy (non-hydrogen) atoms. The summed E-state index contributed by atoms with van der Waals surface area (Å²) in [5.74, 6) is 0. The summed E-state index contributed by atoms with van der Waals surface area (Å²) < 4.78 is 0. The molecular weight excluding hydrogens is 294 g/mol. The van der Waals surface area contributed by atoms with Crippen LogP contribution >= 0.6 is 0 Å². The molecule has 3 nitrogen and oxygen atoms in total. The second-order valence-electron chi connectivity index (χ2n) is 5.74. The molecular formula is C21H17N3. The fourth-order valence-corrected chi connectivity index (χ4v) is 2.79. The van der Waals surface area contributed by atoms with E-state index in [2.05, 4.69) is 57.6 Å². The first-order chi connectivity index (χ1) is 11.9. The summed E-state index contributed by atoms with van der Waals surface area (Å²) in [7, 11) is 0. The monoisotopic (exact) mass is 311 g/mol. The maximum absolute atomic E-state index is 4.42. The van der Waals surface area contributed by atoms with Crippen LogP contribution in [0.4, 0.5) is 0 Å². The normalized spacial score (nSPS) is 11.3. The van der Waals surface area contributed by atoms with Crippen molar-refractivity contribution in [2.75, 3.05) is 0 Å². The van der Waals surface area contributed by atoms with E-state index >= 15 is 0 Å². The highest BCUT2D eigenvalue weighted by Crippen LogP contribution is 2.21. The van der Waals surface area contributed by atoms with Crippen LogP contribution in [0.3, 0.4) is 0 Å². The van der Waals surface area contributed by atoms with Crippen molar-refractivity contribution in [3.05, 3.63) is 95.4 Å². The van der Waals surface area contributed by atoms with Crippen molar-refractivity contribution >= 4 is 23.1 Å². The van der Waals surface area contributed by atoms with E-state index < -0.39 is 0 Å². The Balaban J connectivity index is 1.65. The van der Waals surface area contributed by atoms with Crippen LogP contribution < -0.4 is 0 Å². The summed E-state index contributed by atoms with van der Waals surface area (Å²) in [5.41, 5.74) is 5.50. The van der Waals surface area contributed by atoms with Crippen LogP contribution in [-0.4, -0.2) is 15.2 Å². The molecule has 0 saturated carbocycles. The molecule has 0 spiro atoms. The fraction of sp³-hybridized carbons (Fsp3) is 0.0476. The SMILES string of the molecule is C(=Cc1n[nH]c2ccc(Cc3ccccc3)cc12)c1ccccn1. The predicted octanol–water partition coefficient (Wildman–Crippen LogP) is 4.72. The van der Waals surface area contributed by atoms with Crippen LogP contribution in [0.15, 0.2) is 72.9 Å². The van der Waals surface area contributed by atoms with Gasteiger partial charge >= 0.3 is 0 Å². The van der Waals surface area contributed by atoms with Crippen LogP contribution in [0.1, 0.15) is 22.5 Å². The molecule has 3 heteroatoms. The molecule has 2 aromatic carbocycles. The molecule has 116 valence electrons. The first-order valence-corrected chi connectivity index (χ1v) is 7.98. The van der Waals surface area contributed by atoms with Gasteiger partial charge in [0.2, 0.25) is 0 Å². The summed E-state index contributed by atoms with van der Waals surface area (Å²) in [6, 6.07) is 22.8. The number of nitrogens with zero attached hydrogens (tertiary/aromatic N) is 2.